The third kappa shape index (κ3) is 3.93. The van der Waals surface area contributed by atoms with Crippen LogP contribution in [0, 0.1) is 0 Å². The van der Waals surface area contributed by atoms with Crippen LogP contribution in [0.2, 0.25) is 5.02 Å². The Morgan fingerprint density at radius 1 is 1.26 bits per heavy atom. The minimum Gasteiger partial charge on any atom is -0.392 e. The smallest absolute Gasteiger partial charge is 0.0978 e. The van der Waals surface area contributed by atoms with Gasteiger partial charge in [-0.1, -0.05) is 48.0 Å². The maximum Gasteiger partial charge on any atom is 0.0978 e. The van der Waals surface area contributed by atoms with E-state index in [1.165, 1.54) is 5.56 Å². The molecular formula is C19H22ClNO2. The Morgan fingerprint density at radius 3 is 2.78 bits per heavy atom. The number of ether oxygens (including phenoxy) is 1. The Hall–Kier alpha value is -1.39. The van der Waals surface area contributed by atoms with Crippen molar-refractivity contribution in [1.29, 1.82) is 0 Å². The average Bonchev–Trinajstić information content (AvgIpc) is 3.03. The summed E-state index contributed by atoms with van der Waals surface area (Å²) in [7, 11) is 0. The quantitative estimate of drug-likeness (QED) is 0.869. The van der Waals surface area contributed by atoms with Crippen molar-refractivity contribution in [2.24, 2.45) is 0 Å². The number of benzene rings is 2. The number of nitrogens with one attached hydrogen (secondary N) is 1. The van der Waals surface area contributed by atoms with Crippen molar-refractivity contribution in [2.75, 3.05) is 6.61 Å². The molecule has 3 nitrogen and oxygen atoms in total. The first-order valence-electron chi connectivity index (χ1n) is 8.00. The van der Waals surface area contributed by atoms with Gasteiger partial charge in [0, 0.05) is 23.7 Å². The summed E-state index contributed by atoms with van der Waals surface area (Å²) in [6, 6.07) is 16.4. The summed E-state index contributed by atoms with van der Waals surface area (Å²) in [5.74, 6) is 0. The second-order valence-electron chi connectivity index (χ2n) is 6.03. The number of halogens is 1. The van der Waals surface area contributed by atoms with Gasteiger partial charge in [0.1, 0.15) is 0 Å². The van der Waals surface area contributed by atoms with Gasteiger partial charge >= 0.3 is 0 Å². The molecule has 1 aliphatic heterocycles. The molecule has 3 unspecified atom stereocenters. The van der Waals surface area contributed by atoms with E-state index in [0.29, 0.717) is 0 Å². The second kappa shape index (κ2) is 7.45. The predicted molar refractivity (Wildman–Crippen MR) is 92.5 cm³/mol. The van der Waals surface area contributed by atoms with Gasteiger partial charge in [0.25, 0.3) is 0 Å². The highest BCUT2D eigenvalue weighted by molar-refractivity contribution is 6.30. The van der Waals surface area contributed by atoms with Crippen molar-refractivity contribution < 1.29 is 9.84 Å². The fraction of sp³-hybridized carbons (Fsp3) is 0.368. The van der Waals surface area contributed by atoms with Gasteiger partial charge in [0.2, 0.25) is 0 Å². The van der Waals surface area contributed by atoms with E-state index in [1.54, 1.807) is 0 Å². The number of hydrogen-bond donors (Lipinski definition) is 2. The lowest BCUT2D eigenvalue weighted by Gasteiger charge is -2.25. The van der Waals surface area contributed by atoms with E-state index < -0.39 is 0 Å². The van der Waals surface area contributed by atoms with E-state index in [2.05, 4.69) is 18.3 Å². The van der Waals surface area contributed by atoms with Crippen molar-refractivity contribution in [2.45, 2.75) is 38.1 Å². The molecule has 3 atom stereocenters. The Kier molecular flexibility index (Phi) is 5.34. The van der Waals surface area contributed by atoms with E-state index in [4.69, 9.17) is 16.3 Å². The molecule has 0 amide bonds. The van der Waals surface area contributed by atoms with Crippen LogP contribution < -0.4 is 5.32 Å². The summed E-state index contributed by atoms with van der Waals surface area (Å²) < 4.78 is 5.93. The van der Waals surface area contributed by atoms with Gasteiger partial charge in [-0.3, -0.25) is 0 Å². The topological polar surface area (TPSA) is 41.5 Å². The van der Waals surface area contributed by atoms with E-state index in [0.717, 1.165) is 29.2 Å². The molecule has 1 heterocycles. The van der Waals surface area contributed by atoms with Gasteiger partial charge in [0.15, 0.2) is 0 Å². The molecule has 23 heavy (non-hydrogen) atoms. The van der Waals surface area contributed by atoms with Crippen LogP contribution in [-0.2, 0) is 11.3 Å². The third-order valence-corrected chi connectivity index (χ3v) is 4.64. The molecule has 1 fully saturated rings. The molecule has 2 N–H and O–H groups in total. The molecule has 3 rings (SSSR count). The number of hydrogen-bond acceptors (Lipinski definition) is 3. The minimum atomic E-state index is 0.0516. The SMILES string of the molecule is CC(NC1CCOC1c1ccc(Cl)cc1)c1cccc(CO)c1. The molecule has 1 saturated heterocycles. The first kappa shape index (κ1) is 16.5. The Bertz CT molecular complexity index is 644. The van der Waals surface area contributed by atoms with Crippen LogP contribution in [0.5, 0.6) is 0 Å². The zero-order valence-corrected chi connectivity index (χ0v) is 14.0. The lowest BCUT2D eigenvalue weighted by Crippen LogP contribution is -2.33. The Balaban J connectivity index is 1.71. The predicted octanol–water partition coefficient (Wildman–Crippen LogP) is 4.01. The molecule has 0 saturated carbocycles. The van der Waals surface area contributed by atoms with Crippen molar-refractivity contribution in [3.05, 3.63) is 70.2 Å². The number of rotatable bonds is 5. The van der Waals surface area contributed by atoms with Crippen LogP contribution in [0.1, 0.15) is 42.2 Å². The van der Waals surface area contributed by atoms with Crippen LogP contribution in [0.3, 0.4) is 0 Å². The third-order valence-electron chi connectivity index (χ3n) is 4.39. The highest BCUT2D eigenvalue weighted by Gasteiger charge is 2.30. The Morgan fingerprint density at radius 2 is 2.04 bits per heavy atom. The minimum absolute atomic E-state index is 0.0516. The molecule has 0 aromatic heterocycles. The van der Waals surface area contributed by atoms with E-state index in [9.17, 15) is 5.11 Å². The average molecular weight is 332 g/mol. The first-order chi connectivity index (χ1) is 11.2. The maximum absolute atomic E-state index is 9.29. The van der Waals surface area contributed by atoms with Crippen LogP contribution >= 0.6 is 11.6 Å². The molecule has 2 aromatic carbocycles. The zero-order valence-electron chi connectivity index (χ0n) is 13.2. The molecular weight excluding hydrogens is 310 g/mol. The van der Waals surface area contributed by atoms with Gasteiger partial charge in [-0.05, 0) is 42.2 Å². The van der Waals surface area contributed by atoms with Gasteiger partial charge in [-0.15, -0.1) is 0 Å². The molecule has 1 aliphatic rings. The normalized spacial score (nSPS) is 22.2. The second-order valence-corrected chi connectivity index (χ2v) is 6.47. The summed E-state index contributed by atoms with van der Waals surface area (Å²) in [6.07, 6.45) is 1.04. The molecule has 4 heteroatoms. The van der Waals surface area contributed by atoms with Crippen molar-refractivity contribution in [1.82, 2.24) is 5.32 Å². The summed E-state index contributed by atoms with van der Waals surface area (Å²) in [6.45, 7) is 2.97. The lowest BCUT2D eigenvalue weighted by molar-refractivity contribution is 0.0968. The molecule has 0 spiro atoms. The van der Waals surface area contributed by atoms with E-state index >= 15 is 0 Å². The molecule has 0 radical (unpaired) electrons. The summed E-state index contributed by atoms with van der Waals surface area (Å²) in [5.41, 5.74) is 3.27. The first-order valence-corrected chi connectivity index (χ1v) is 8.38. The number of aliphatic hydroxyl groups excluding tert-OH is 1. The zero-order chi connectivity index (χ0) is 16.2. The summed E-state index contributed by atoms with van der Waals surface area (Å²) >= 11 is 5.97. The van der Waals surface area contributed by atoms with Gasteiger partial charge < -0.3 is 15.2 Å². The highest BCUT2D eigenvalue weighted by atomic mass is 35.5. The maximum atomic E-state index is 9.29. The fourth-order valence-corrected chi connectivity index (χ4v) is 3.25. The summed E-state index contributed by atoms with van der Waals surface area (Å²) in [5, 5.41) is 13.7. The van der Waals surface area contributed by atoms with Crippen LogP contribution in [0.15, 0.2) is 48.5 Å². The van der Waals surface area contributed by atoms with Crippen molar-refractivity contribution in [3.63, 3.8) is 0 Å². The Labute approximate surface area is 142 Å². The highest BCUT2D eigenvalue weighted by Crippen LogP contribution is 2.31. The molecule has 0 aliphatic carbocycles. The molecule has 0 bridgehead atoms. The van der Waals surface area contributed by atoms with Crippen molar-refractivity contribution in [3.8, 4) is 0 Å². The largest absolute Gasteiger partial charge is 0.392 e. The van der Waals surface area contributed by atoms with Gasteiger partial charge in [-0.25, -0.2) is 0 Å². The molecule has 122 valence electrons. The monoisotopic (exact) mass is 331 g/mol. The van der Waals surface area contributed by atoms with E-state index in [1.807, 2.05) is 42.5 Å². The van der Waals surface area contributed by atoms with Crippen LogP contribution in [0.4, 0.5) is 0 Å². The summed E-state index contributed by atoms with van der Waals surface area (Å²) in [4.78, 5) is 0. The van der Waals surface area contributed by atoms with Gasteiger partial charge in [0.05, 0.1) is 12.7 Å². The fourth-order valence-electron chi connectivity index (χ4n) is 3.12. The van der Waals surface area contributed by atoms with Crippen LogP contribution in [-0.4, -0.2) is 17.8 Å². The lowest BCUT2D eigenvalue weighted by atomic mass is 9.99. The van der Waals surface area contributed by atoms with Crippen molar-refractivity contribution >= 4 is 11.6 Å². The number of aliphatic hydroxyl groups is 1. The van der Waals surface area contributed by atoms with Crippen LogP contribution in [0.25, 0.3) is 0 Å². The van der Waals surface area contributed by atoms with E-state index in [-0.39, 0.29) is 24.8 Å². The molecule has 2 aromatic rings. The van der Waals surface area contributed by atoms with Gasteiger partial charge in [-0.2, -0.15) is 0 Å². The standard InChI is InChI=1S/C19H22ClNO2/c1-13(16-4-2-3-14(11-16)12-22)21-18-9-10-23-19(18)15-5-7-17(20)8-6-15/h2-8,11,13,18-19,21-22H,9-10,12H2,1H3.